The number of hydrogen-bond acceptors (Lipinski definition) is 1. The van der Waals surface area contributed by atoms with E-state index in [9.17, 15) is 0 Å². The highest BCUT2D eigenvalue weighted by Crippen LogP contribution is 2.18. The van der Waals surface area contributed by atoms with E-state index in [0.717, 1.165) is 11.0 Å². The summed E-state index contributed by atoms with van der Waals surface area (Å²) in [4.78, 5) is 0. The van der Waals surface area contributed by atoms with Crippen molar-refractivity contribution in [3.63, 3.8) is 0 Å². The maximum Gasteiger partial charge on any atom is 0.0181 e. The van der Waals surface area contributed by atoms with Gasteiger partial charge in [0.05, 0.1) is 0 Å². The van der Waals surface area contributed by atoms with E-state index in [1.807, 2.05) is 13.1 Å². The molecule has 1 rings (SSSR count). The Morgan fingerprint density at radius 2 is 2.31 bits per heavy atom. The first-order chi connectivity index (χ1) is 6.24. The van der Waals surface area contributed by atoms with Gasteiger partial charge in [-0.05, 0) is 37.2 Å². The molecule has 0 unspecified atom stereocenters. The van der Waals surface area contributed by atoms with Gasteiger partial charge in [-0.25, -0.2) is 0 Å². The summed E-state index contributed by atoms with van der Waals surface area (Å²) in [6.45, 7) is 3.04. The number of likely N-dealkylation sites (N-methyl/N-ethyl adjacent to an activating group) is 1. The lowest BCUT2D eigenvalue weighted by Gasteiger charge is -2.01. The van der Waals surface area contributed by atoms with Crippen molar-refractivity contribution < 1.29 is 0 Å². The van der Waals surface area contributed by atoms with Gasteiger partial charge in [-0.3, -0.25) is 0 Å². The third-order valence-corrected chi connectivity index (χ3v) is 2.39. The van der Waals surface area contributed by atoms with Gasteiger partial charge < -0.3 is 5.32 Å². The van der Waals surface area contributed by atoms with E-state index < -0.39 is 0 Å². The molecule has 1 nitrogen and oxygen atoms in total. The molecule has 0 spiro atoms. The molecule has 0 saturated carbocycles. The molecule has 0 fully saturated rings. The Labute approximate surface area is 88.0 Å². The molecular formula is C11H14BrN. The molecule has 0 radical (unpaired) electrons. The summed E-state index contributed by atoms with van der Waals surface area (Å²) in [5, 5.41) is 3.09. The van der Waals surface area contributed by atoms with Gasteiger partial charge >= 0.3 is 0 Å². The summed E-state index contributed by atoms with van der Waals surface area (Å²) < 4.78 is 1.13. The molecule has 1 N–H and O–H groups in total. The summed E-state index contributed by atoms with van der Waals surface area (Å²) in [7, 11) is 1.95. The molecule has 1 aromatic rings. The third-order valence-electron chi connectivity index (χ3n) is 1.89. The molecule has 70 valence electrons. The van der Waals surface area contributed by atoms with Gasteiger partial charge in [-0.15, -0.1) is 0 Å². The lowest BCUT2D eigenvalue weighted by atomic mass is 10.1. The first-order valence-electron chi connectivity index (χ1n) is 4.31. The van der Waals surface area contributed by atoms with Crippen LogP contribution >= 0.6 is 15.9 Å². The van der Waals surface area contributed by atoms with Crippen LogP contribution in [0.2, 0.25) is 0 Å². The Morgan fingerprint density at radius 3 is 2.92 bits per heavy atom. The second-order valence-electron chi connectivity index (χ2n) is 2.96. The minimum Gasteiger partial charge on any atom is -0.316 e. The number of benzene rings is 1. The molecule has 0 aromatic heterocycles. The van der Waals surface area contributed by atoms with Gasteiger partial charge in [0.1, 0.15) is 0 Å². The number of halogens is 1. The topological polar surface area (TPSA) is 12.0 Å². The smallest absolute Gasteiger partial charge is 0.0181 e. The monoisotopic (exact) mass is 239 g/mol. The van der Waals surface area contributed by atoms with Crippen LogP contribution in [0.5, 0.6) is 0 Å². The van der Waals surface area contributed by atoms with Crippen LogP contribution in [0, 0.1) is 0 Å². The highest BCUT2D eigenvalue weighted by molar-refractivity contribution is 9.10. The number of hydrogen-bond donors (Lipinski definition) is 1. The summed E-state index contributed by atoms with van der Waals surface area (Å²) in [6, 6.07) is 8.33. The number of rotatable bonds is 3. The zero-order valence-electron chi connectivity index (χ0n) is 7.97. The average molecular weight is 240 g/mol. The lowest BCUT2D eigenvalue weighted by molar-refractivity contribution is 0.920. The molecular weight excluding hydrogens is 226 g/mol. The van der Waals surface area contributed by atoms with Crippen LogP contribution in [-0.4, -0.2) is 13.6 Å². The molecule has 0 heterocycles. The van der Waals surface area contributed by atoms with Crippen LogP contribution in [0.15, 0.2) is 34.8 Å². The molecule has 0 aliphatic rings. The van der Waals surface area contributed by atoms with E-state index in [2.05, 4.69) is 52.4 Å². The first kappa shape index (κ1) is 10.5. The van der Waals surface area contributed by atoms with Gasteiger partial charge in [0.25, 0.3) is 0 Å². The fraction of sp³-hybridized carbons (Fsp3) is 0.273. The van der Waals surface area contributed by atoms with Crippen molar-refractivity contribution in [2.45, 2.75) is 6.92 Å². The molecule has 0 bridgehead atoms. The quantitative estimate of drug-likeness (QED) is 0.856. The van der Waals surface area contributed by atoms with Crippen LogP contribution in [0.4, 0.5) is 0 Å². The van der Waals surface area contributed by atoms with Crippen LogP contribution in [0.3, 0.4) is 0 Å². The Morgan fingerprint density at radius 1 is 1.54 bits per heavy atom. The van der Waals surface area contributed by atoms with Crippen LogP contribution in [0.1, 0.15) is 12.5 Å². The number of allylic oxidation sites excluding steroid dienone is 1. The van der Waals surface area contributed by atoms with Crippen molar-refractivity contribution >= 4 is 21.5 Å². The summed E-state index contributed by atoms with van der Waals surface area (Å²) in [6.07, 6.45) is 2.18. The van der Waals surface area contributed by atoms with Crippen molar-refractivity contribution in [1.29, 1.82) is 0 Å². The average Bonchev–Trinajstić information content (AvgIpc) is 2.14. The first-order valence-corrected chi connectivity index (χ1v) is 5.10. The Hall–Kier alpha value is -0.600. The Balaban J connectivity index is 2.82. The largest absolute Gasteiger partial charge is 0.316 e. The Kier molecular flexibility index (Phi) is 4.19. The lowest BCUT2D eigenvalue weighted by Crippen LogP contribution is -2.04. The highest BCUT2D eigenvalue weighted by atomic mass is 79.9. The SMILES string of the molecule is CNC/C=C(/C)c1cccc(Br)c1. The van der Waals surface area contributed by atoms with E-state index in [1.165, 1.54) is 11.1 Å². The second-order valence-corrected chi connectivity index (χ2v) is 3.87. The molecule has 0 aliphatic heterocycles. The summed E-state index contributed by atoms with van der Waals surface area (Å²) >= 11 is 3.46. The molecule has 0 amide bonds. The number of nitrogens with one attached hydrogen (secondary N) is 1. The highest BCUT2D eigenvalue weighted by Gasteiger charge is 1.94. The molecule has 0 aliphatic carbocycles. The second kappa shape index (κ2) is 5.20. The van der Waals surface area contributed by atoms with Crippen LogP contribution in [0.25, 0.3) is 5.57 Å². The van der Waals surface area contributed by atoms with Gasteiger partial charge in [0, 0.05) is 11.0 Å². The van der Waals surface area contributed by atoms with Crippen molar-refractivity contribution in [2.75, 3.05) is 13.6 Å². The van der Waals surface area contributed by atoms with E-state index >= 15 is 0 Å². The Bertz CT molecular complexity index is 305. The van der Waals surface area contributed by atoms with Gasteiger partial charge in [-0.1, -0.05) is 34.1 Å². The van der Waals surface area contributed by atoms with Gasteiger partial charge in [-0.2, -0.15) is 0 Å². The molecule has 1 aromatic carbocycles. The third kappa shape index (κ3) is 3.33. The standard InChI is InChI=1S/C11H14BrN/c1-9(6-7-13-2)10-4-3-5-11(12)8-10/h3-6,8,13H,7H2,1-2H3/b9-6-. The fourth-order valence-corrected chi connectivity index (χ4v) is 1.51. The van der Waals surface area contributed by atoms with E-state index in [-0.39, 0.29) is 0 Å². The van der Waals surface area contributed by atoms with E-state index in [4.69, 9.17) is 0 Å². The summed E-state index contributed by atoms with van der Waals surface area (Å²) in [5.74, 6) is 0. The van der Waals surface area contributed by atoms with Crippen LogP contribution in [-0.2, 0) is 0 Å². The van der Waals surface area contributed by atoms with Crippen molar-refractivity contribution in [3.05, 3.63) is 40.4 Å². The van der Waals surface area contributed by atoms with Crippen molar-refractivity contribution in [2.24, 2.45) is 0 Å². The fourth-order valence-electron chi connectivity index (χ4n) is 1.11. The molecule has 0 atom stereocenters. The van der Waals surface area contributed by atoms with Gasteiger partial charge in [0.15, 0.2) is 0 Å². The predicted molar refractivity (Wildman–Crippen MR) is 61.7 cm³/mol. The maximum atomic E-state index is 3.46. The van der Waals surface area contributed by atoms with Crippen molar-refractivity contribution in [1.82, 2.24) is 5.32 Å². The minimum atomic E-state index is 0.915. The zero-order valence-corrected chi connectivity index (χ0v) is 9.56. The molecule has 2 heteroatoms. The predicted octanol–water partition coefficient (Wildman–Crippen LogP) is 3.07. The maximum absolute atomic E-state index is 3.46. The summed E-state index contributed by atoms with van der Waals surface area (Å²) in [5.41, 5.74) is 2.57. The minimum absolute atomic E-state index is 0.915. The zero-order chi connectivity index (χ0) is 9.68. The van der Waals surface area contributed by atoms with E-state index in [0.29, 0.717) is 0 Å². The van der Waals surface area contributed by atoms with E-state index in [1.54, 1.807) is 0 Å². The molecule has 13 heavy (non-hydrogen) atoms. The molecule has 0 saturated heterocycles. The van der Waals surface area contributed by atoms with Crippen LogP contribution < -0.4 is 5.32 Å². The van der Waals surface area contributed by atoms with Crippen molar-refractivity contribution in [3.8, 4) is 0 Å². The van der Waals surface area contributed by atoms with Gasteiger partial charge in [0.2, 0.25) is 0 Å². The normalized spacial score (nSPS) is 11.8.